The van der Waals surface area contributed by atoms with E-state index in [1.54, 1.807) is 33.8 Å². The zero-order valence-corrected chi connectivity index (χ0v) is 16.6. The van der Waals surface area contributed by atoms with E-state index < -0.39 is 46.8 Å². The normalized spacial score (nSPS) is 22.1. The van der Waals surface area contributed by atoms with Crippen LogP contribution in [0.1, 0.15) is 39.3 Å². The van der Waals surface area contributed by atoms with Crippen LogP contribution in [0.4, 0.5) is 4.79 Å². The van der Waals surface area contributed by atoms with Gasteiger partial charge < -0.3 is 14.5 Å². The van der Waals surface area contributed by atoms with E-state index in [2.05, 4.69) is 11.6 Å². The number of hydrogen-bond acceptors (Lipinski definition) is 6. The molecule has 1 aliphatic heterocycles. The molecule has 1 saturated heterocycles. The number of nitrogens with one attached hydrogen (secondary N) is 1. The third kappa shape index (κ3) is 4.00. The lowest BCUT2D eigenvalue weighted by atomic mass is 9.74. The van der Waals surface area contributed by atoms with Gasteiger partial charge in [0.25, 0.3) is 5.56 Å². The van der Waals surface area contributed by atoms with Gasteiger partial charge in [0.15, 0.2) is 5.78 Å². The number of Topliss-reactive ketones (excluding diaryl/α,β-unsaturated/α-hetero) is 1. The van der Waals surface area contributed by atoms with Gasteiger partial charge >= 0.3 is 12.1 Å². The molecule has 0 spiro atoms. The number of ether oxygens (including phenoxy) is 2. The number of carbonyl (C=O) groups excluding carboxylic acids is 3. The van der Waals surface area contributed by atoms with Crippen LogP contribution < -0.4 is 5.56 Å². The molecule has 0 bridgehead atoms. The number of likely N-dealkylation sites (tertiary alicyclic amines) is 1. The Bertz CT molecular complexity index is 822. The Kier molecular flexibility index (Phi) is 6.43. The van der Waals surface area contributed by atoms with Crippen LogP contribution in [-0.2, 0) is 19.1 Å². The summed E-state index contributed by atoms with van der Waals surface area (Å²) in [6.07, 6.45) is 1.92. The van der Waals surface area contributed by atoms with Gasteiger partial charge in [0, 0.05) is 11.8 Å². The monoisotopic (exact) mass is 390 g/mol. The summed E-state index contributed by atoms with van der Waals surface area (Å²) in [7, 11) is 0. The molecule has 8 nitrogen and oxygen atoms in total. The minimum Gasteiger partial charge on any atom is -0.464 e. The smallest absolute Gasteiger partial charge is 0.411 e. The van der Waals surface area contributed by atoms with Crippen molar-refractivity contribution in [2.45, 2.75) is 39.8 Å². The second-order valence-corrected chi connectivity index (χ2v) is 7.57. The van der Waals surface area contributed by atoms with Crippen molar-refractivity contribution in [3.8, 4) is 0 Å². The maximum Gasteiger partial charge on any atom is 0.411 e. The Morgan fingerprint density at radius 2 is 1.96 bits per heavy atom. The van der Waals surface area contributed by atoms with Crippen molar-refractivity contribution in [3.05, 3.63) is 46.9 Å². The molecule has 1 aromatic heterocycles. The standard InChI is InChI=1S/C20H26N2O6/c1-6-11-28-19(26)22-14(12-9-8-10-21-17(12)24)16(23)13(20(3,4)5)15(22)18(25)27-7-2/h6,8-10,13-15H,1,7,11H2,2-5H3,(H,21,24)/t13-,14+,15+/m1/s1. The molecule has 3 atom stereocenters. The molecule has 1 fully saturated rings. The molecule has 0 aliphatic carbocycles. The molecule has 0 aromatic carbocycles. The summed E-state index contributed by atoms with van der Waals surface area (Å²) >= 11 is 0. The Hall–Kier alpha value is -2.90. The van der Waals surface area contributed by atoms with Gasteiger partial charge in [0.1, 0.15) is 18.7 Å². The van der Waals surface area contributed by atoms with E-state index in [0.717, 1.165) is 4.90 Å². The number of aromatic amines is 1. The third-order valence-electron chi connectivity index (χ3n) is 4.61. The van der Waals surface area contributed by atoms with Crippen LogP contribution in [0.3, 0.4) is 0 Å². The molecule has 1 N–H and O–H groups in total. The van der Waals surface area contributed by atoms with Crippen molar-refractivity contribution < 1.29 is 23.9 Å². The molecule has 8 heteroatoms. The van der Waals surface area contributed by atoms with Crippen molar-refractivity contribution in [1.82, 2.24) is 9.88 Å². The van der Waals surface area contributed by atoms with Crippen LogP contribution in [0.25, 0.3) is 0 Å². The van der Waals surface area contributed by atoms with Gasteiger partial charge in [-0.1, -0.05) is 33.4 Å². The van der Waals surface area contributed by atoms with E-state index in [0.29, 0.717) is 0 Å². The first kappa shape index (κ1) is 21.4. The predicted molar refractivity (Wildman–Crippen MR) is 102 cm³/mol. The van der Waals surface area contributed by atoms with E-state index in [4.69, 9.17) is 9.47 Å². The lowest BCUT2D eigenvalue weighted by molar-refractivity contribution is -0.151. The number of carbonyl (C=O) groups is 3. The van der Waals surface area contributed by atoms with Crippen LogP contribution in [-0.4, -0.2) is 47.0 Å². The molecular formula is C20H26N2O6. The van der Waals surface area contributed by atoms with Crippen molar-refractivity contribution >= 4 is 17.8 Å². The second kappa shape index (κ2) is 8.41. The minimum absolute atomic E-state index is 0.0732. The van der Waals surface area contributed by atoms with E-state index >= 15 is 0 Å². The molecular weight excluding hydrogens is 364 g/mol. The van der Waals surface area contributed by atoms with Gasteiger partial charge in [-0.2, -0.15) is 0 Å². The van der Waals surface area contributed by atoms with E-state index in [1.807, 2.05) is 0 Å². The number of hydrogen-bond donors (Lipinski definition) is 1. The van der Waals surface area contributed by atoms with Crippen LogP contribution >= 0.6 is 0 Å². The summed E-state index contributed by atoms with van der Waals surface area (Å²) in [4.78, 5) is 54.9. The summed E-state index contributed by atoms with van der Waals surface area (Å²) in [5.74, 6) is -1.98. The van der Waals surface area contributed by atoms with Gasteiger partial charge in [-0.3, -0.25) is 14.5 Å². The quantitative estimate of drug-likeness (QED) is 0.610. The summed E-state index contributed by atoms with van der Waals surface area (Å²) in [5, 5.41) is 0. The van der Waals surface area contributed by atoms with Gasteiger partial charge in [0.05, 0.1) is 12.5 Å². The third-order valence-corrected chi connectivity index (χ3v) is 4.61. The van der Waals surface area contributed by atoms with E-state index in [1.165, 1.54) is 18.3 Å². The average molecular weight is 390 g/mol. The minimum atomic E-state index is -1.25. The summed E-state index contributed by atoms with van der Waals surface area (Å²) in [5.41, 5.74) is -1.11. The largest absolute Gasteiger partial charge is 0.464 e. The predicted octanol–water partition coefficient (Wildman–Crippen LogP) is 2.22. The average Bonchev–Trinajstić information content (AvgIpc) is 2.93. The molecule has 28 heavy (non-hydrogen) atoms. The molecule has 0 unspecified atom stereocenters. The second-order valence-electron chi connectivity index (χ2n) is 7.57. The fourth-order valence-corrected chi connectivity index (χ4v) is 3.54. The van der Waals surface area contributed by atoms with Crippen molar-refractivity contribution in [3.63, 3.8) is 0 Å². The highest BCUT2D eigenvalue weighted by molar-refractivity contribution is 6.00. The van der Waals surface area contributed by atoms with Crippen molar-refractivity contribution in [2.24, 2.45) is 11.3 Å². The number of amides is 1. The van der Waals surface area contributed by atoms with Crippen LogP contribution in [0.5, 0.6) is 0 Å². The number of rotatable bonds is 5. The fourth-order valence-electron chi connectivity index (χ4n) is 3.54. The summed E-state index contributed by atoms with van der Waals surface area (Å²) < 4.78 is 10.3. The topological polar surface area (TPSA) is 106 Å². The molecule has 152 valence electrons. The van der Waals surface area contributed by atoms with Crippen LogP contribution in [0.2, 0.25) is 0 Å². The number of ketones is 1. The molecule has 1 aromatic rings. The molecule has 2 rings (SSSR count). The van der Waals surface area contributed by atoms with Gasteiger partial charge in [0.2, 0.25) is 0 Å². The van der Waals surface area contributed by atoms with Crippen molar-refractivity contribution in [2.75, 3.05) is 13.2 Å². The Morgan fingerprint density at radius 3 is 2.50 bits per heavy atom. The maximum atomic E-state index is 13.4. The van der Waals surface area contributed by atoms with Crippen LogP contribution in [0, 0.1) is 11.3 Å². The number of esters is 1. The molecule has 1 aliphatic rings. The lowest BCUT2D eigenvalue weighted by Crippen LogP contribution is -2.48. The van der Waals surface area contributed by atoms with Gasteiger partial charge in [-0.05, 0) is 24.5 Å². The number of nitrogens with zero attached hydrogens (tertiary/aromatic N) is 1. The van der Waals surface area contributed by atoms with Gasteiger partial charge in [-0.25, -0.2) is 9.59 Å². The number of aromatic nitrogens is 1. The van der Waals surface area contributed by atoms with Gasteiger partial charge in [-0.15, -0.1) is 0 Å². The highest BCUT2D eigenvalue weighted by atomic mass is 16.6. The maximum absolute atomic E-state index is 13.4. The lowest BCUT2D eigenvalue weighted by Gasteiger charge is -2.32. The van der Waals surface area contributed by atoms with Crippen LogP contribution in [0.15, 0.2) is 35.8 Å². The Labute approximate surface area is 163 Å². The first-order chi connectivity index (χ1) is 13.1. The zero-order valence-electron chi connectivity index (χ0n) is 16.6. The van der Waals surface area contributed by atoms with E-state index in [9.17, 15) is 19.2 Å². The summed E-state index contributed by atoms with van der Waals surface area (Å²) in [6.45, 7) is 10.5. The fraction of sp³-hybridized carbons (Fsp3) is 0.500. The first-order valence-electron chi connectivity index (χ1n) is 9.09. The van der Waals surface area contributed by atoms with E-state index in [-0.39, 0.29) is 18.8 Å². The Morgan fingerprint density at radius 1 is 1.29 bits per heavy atom. The highest BCUT2D eigenvalue weighted by Gasteiger charge is 2.59. The molecule has 1 amide bonds. The number of pyridine rings is 1. The molecule has 2 heterocycles. The van der Waals surface area contributed by atoms with Crippen molar-refractivity contribution in [1.29, 1.82) is 0 Å². The SMILES string of the molecule is C=CCOC(=O)N1[C@@H](c2ccc[nH]c2=O)C(=O)[C@H](C(C)(C)C)[C@H]1C(=O)OCC. The zero-order chi connectivity index (χ0) is 21.1. The first-order valence-corrected chi connectivity index (χ1v) is 9.09. The number of H-pyrrole nitrogens is 1. The summed E-state index contributed by atoms with van der Waals surface area (Å²) in [6, 6.07) is 0.569. The molecule has 0 radical (unpaired) electrons. The highest BCUT2D eigenvalue weighted by Crippen LogP contribution is 2.45. The molecule has 0 saturated carbocycles. The Balaban J connectivity index is 2.66.